The van der Waals surface area contributed by atoms with Gasteiger partial charge in [-0.2, -0.15) is 0 Å². The highest BCUT2D eigenvalue weighted by Gasteiger charge is 2.12. The van der Waals surface area contributed by atoms with Crippen LogP contribution in [0.4, 0.5) is 0 Å². The van der Waals surface area contributed by atoms with Gasteiger partial charge in [-0.15, -0.1) is 0 Å². The fraction of sp³-hybridized carbons (Fsp3) is 0.118. The second-order valence-electron chi connectivity index (χ2n) is 4.54. The van der Waals surface area contributed by atoms with Gasteiger partial charge >= 0.3 is 0 Å². The van der Waals surface area contributed by atoms with Crippen molar-refractivity contribution in [2.45, 2.75) is 0 Å². The van der Waals surface area contributed by atoms with Crippen LogP contribution in [0, 0.1) is 0 Å². The van der Waals surface area contributed by atoms with Crippen molar-refractivity contribution < 1.29 is 13.9 Å². The van der Waals surface area contributed by atoms with E-state index >= 15 is 0 Å². The monoisotopic (exact) mass is 282 g/mol. The third-order valence-electron chi connectivity index (χ3n) is 3.38. The molecular formula is C17H14O4. The molecule has 1 heterocycles. The van der Waals surface area contributed by atoms with E-state index in [2.05, 4.69) is 0 Å². The molecule has 0 fully saturated rings. The summed E-state index contributed by atoms with van der Waals surface area (Å²) in [6.07, 6.45) is 1.48. The Balaban J connectivity index is 2.23. The molecule has 0 atom stereocenters. The summed E-state index contributed by atoms with van der Waals surface area (Å²) in [5.41, 5.74) is 1.67. The molecule has 0 bridgehead atoms. The Kier molecular flexibility index (Phi) is 3.36. The van der Waals surface area contributed by atoms with Crippen molar-refractivity contribution in [1.29, 1.82) is 0 Å². The minimum absolute atomic E-state index is 0.112. The first-order valence-electron chi connectivity index (χ1n) is 6.47. The third-order valence-corrected chi connectivity index (χ3v) is 3.38. The molecule has 0 saturated heterocycles. The maximum atomic E-state index is 12.7. The Morgan fingerprint density at radius 2 is 1.71 bits per heavy atom. The smallest absolute Gasteiger partial charge is 0.204 e. The summed E-state index contributed by atoms with van der Waals surface area (Å²) in [6, 6.07) is 12.5. The van der Waals surface area contributed by atoms with Crippen molar-refractivity contribution in [3.05, 3.63) is 59.0 Å². The summed E-state index contributed by atoms with van der Waals surface area (Å²) in [5.74, 6) is 1.25. The van der Waals surface area contributed by atoms with Gasteiger partial charge in [0.25, 0.3) is 0 Å². The van der Waals surface area contributed by atoms with E-state index in [9.17, 15) is 4.79 Å². The van der Waals surface area contributed by atoms with Crippen LogP contribution in [-0.4, -0.2) is 14.2 Å². The van der Waals surface area contributed by atoms with E-state index in [0.717, 1.165) is 11.3 Å². The number of ether oxygens (including phenoxy) is 2. The molecule has 1 aromatic heterocycles. The van der Waals surface area contributed by atoms with Gasteiger partial charge in [0.2, 0.25) is 5.43 Å². The number of hydrogen-bond donors (Lipinski definition) is 0. The molecule has 0 aliphatic carbocycles. The first-order chi connectivity index (χ1) is 10.2. The van der Waals surface area contributed by atoms with Crippen LogP contribution in [0.3, 0.4) is 0 Å². The van der Waals surface area contributed by atoms with Crippen molar-refractivity contribution in [3.63, 3.8) is 0 Å². The predicted octanol–water partition coefficient (Wildman–Crippen LogP) is 3.48. The van der Waals surface area contributed by atoms with Crippen LogP contribution in [0.2, 0.25) is 0 Å². The molecule has 0 N–H and O–H groups in total. The molecule has 3 rings (SSSR count). The number of rotatable bonds is 3. The summed E-state index contributed by atoms with van der Waals surface area (Å²) in [6.45, 7) is 0. The molecule has 0 amide bonds. The molecular weight excluding hydrogens is 268 g/mol. The van der Waals surface area contributed by atoms with Crippen LogP contribution in [-0.2, 0) is 0 Å². The fourth-order valence-electron chi connectivity index (χ4n) is 2.28. The highest BCUT2D eigenvalue weighted by molar-refractivity contribution is 5.87. The lowest BCUT2D eigenvalue weighted by Crippen LogP contribution is -2.06. The Labute approximate surface area is 121 Å². The standard InChI is InChI=1S/C17H14O4/c1-19-12-8-6-11(7-9-12)13-10-21-15-5-3-4-14(20-2)16(15)17(13)18/h3-10H,1-2H3. The fourth-order valence-corrected chi connectivity index (χ4v) is 2.28. The molecule has 106 valence electrons. The zero-order valence-electron chi connectivity index (χ0n) is 11.8. The topological polar surface area (TPSA) is 48.7 Å². The minimum atomic E-state index is -0.112. The van der Waals surface area contributed by atoms with Crippen molar-refractivity contribution in [3.8, 4) is 22.6 Å². The number of hydrogen-bond acceptors (Lipinski definition) is 4. The van der Waals surface area contributed by atoms with Crippen LogP contribution in [0.1, 0.15) is 0 Å². The van der Waals surface area contributed by atoms with Crippen molar-refractivity contribution >= 4 is 11.0 Å². The summed E-state index contributed by atoms with van der Waals surface area (Å²) in [4.78, 5) is 12.7. The Bertz CT molecular complexity index is 832. The lowest BCUT2D eigenvalue weighted by Gasteiger charge is -2.07. The van der Waals surface area contributed by atoms with E-state index in [-0.39, 0.29) is 5.43 Å². The van der Waals surface area contributed by atoms with Crippen molar-refractivity contribution in [2.24, 2.45) is 0 Å². The average Bonchev–Trinajstić information content (AvgIpc) is 2.55. The maximum Gasteiger partial charge on any atom is 0.204 e. The van der Waals surface area contributed by atoms with E-state index in [0.29, 0.717) is 22.3 Å². The SMILES string of the molecule is COc1ccc(-c2coc3cccc(OC)c3c2=O)cc1. The molecule has 0 radical (unpaired) electrons. The Morgan fingerprint density at radius 3 is 2.38 bits per heavy atom. The van der Waals surface area contributed by atoms with Gasteiger partial charge in [0.15, 0.2) is 0 Å². The molecule has 4 heteroatoms. The summed E-state index contributed by atoms with van der Waals surface area (Å²) < 4.78 is 15.9. The van der Waals surface area contributed by atoms with Gasteiger partial charge < -0.3 is 13.9 Å². The number of methoxy groups -OCH3 is 2. The molecule has 3 aromatic rings. The lowest BCUT2D eigenvalue weighted by molar-refractivity contribution is 0.415. The van der Waals surface area contributed by atoms with Gasteiger partial charge in [-0.25, -0.2) is 0 Å². The Morgan fingerprint density at radius 1 is 0.952 bits per heavy atom. The van der Waals surface area contributed by atoms with Gasteiger partial charge in [0.1, 0.15) is 28.7 Å². The molecule has 0 aliphatic heterocycles. The summed E-state index contributed by atoms with van der Waals surface area (Å²) in [7, 11) is 3.14. The van der Waals surface area contributed by atoms with Crippen LogP contribution in [0.15, 0.2) is 57.9 Å². The van der Waals surface area contributed by atoms with Gasteiger partial charge in [0, 0.05) is 0 Å². The predicted molar refractivity (Wildman–Crippen MR) is 81.0 cm³/mol. The van der Waals surface area contributed by atoms with Crippen LogP contribution in [0.5, 0.6) is 11.5 Å². The normalized spacial score (nSPS) is 10.6. The van der Waals surface area contributed by atoms with Crippen LogP contribution < -0.4 is 14.9 Å². The molecule has 4 nitrogen and oxygen atoms in total. The quantitative estimate of drug-likeness (QED) is 0.738. The van der Waals surface area contributed by atoms with E-state index in [4.69, 9.17) is 13.9 Å². The highest BCUT2D eigenvalue weighted by atomic mass is 16.5. The first kappa shape index (κ1) is 13.2. The van der Waals surface area contributed by atoms with E-state index in [1.807, 2.05) is 12.1 Å². The zero-order valence-corrected chi connectivity index (χ0v) is 11.8. The van der Waals surface area contributed by atoms with E-state index in [1.165, 1.54) is 13.4 Å². The lowest BCUT2D eigenvalue weighted by atomic mass is 10.1. The second kappa shape index (κ2) is 5.32. The van der Waals surface area contributed by atoms with Gasteiger partial charge in [-0.05, 0) is 29.8 Å². The maximum absolute atomic E-state index is 12.7. The molecule has 0 saturated carbocycles. The minimum Gasteiger partial charge on any atom is -0.497 e. The third kappa shape index (κ3) is 2.25. The van der Waals surface area contributed by atoms with Crippen LogP contribution in [0.25, 0.3) is 22.1 Å². The van der Waals surface area contributed by atoms with Gasteiger partial charge in [0.05, 0.1) is 19.8 Å². The van der Waals surface area contributed by atoms with E-state index in [1.54, 1.807) is 37.4 Å². The number of fused-ring (bicyclic) bond motifs is 1. The van der Waals surface area contributed by atoms with Crippen molar-refractivity contribution in [2.75, 3.05) is 14.2 Å². The average molecular weight is 282 g/mol. The molecule has 0 unspecified atom stereocenters. The van der Waals surface area contributed by atoms with Crippen LogP contribution >= 0.6 is 0 Å². The van der Waals surface area contributed by atoms with Gasteiger partial charge in [-0.1, -0.05) is 18.2 Å². The largest absolute Gasteiger partial charge is 0.497 e. The highest BCUT2D eigenvalue weighted by Crippen LogP contribution is 2.26. The van der Waals surface area contributed by atoms with Crippen molar-refractivity contribution in [1.82, 2.24) is 0 Å². The zero-order chi connectivity index (χ0) is 14.8. The second-order valence-corrected chi connectivity index (χ2v) is 4.54. The first-order valence-corrected chi connectivity index (χ1v) is 6.47. The number of benzene rings is 2. The molecule has 21 heavy (non-hydrogen) atoms. The Hall–Kier alpha value is -2.75. The molecule has 2 aromatic carbocycles. The molecule has 0 spiro atoms. The summed E-state index contributed by atoms with van der Waals surface area (Å²) in [5, 5.41) is 0.452. The van der Waals surface area contributed by atoms with Gasteiger partial charge in [-0.3, -0.25) is 4.79 Å². The van der Waals surface area contributed by atoms with E-state index < -0.39 is 0 Å². The molecule has 0 aliphatic rings. The summed E-state index contributed by atoms with van der Waals surface area (Å²) >= 11 is 0.